The number of benzene rings is 6. The molecule has 0 bridgehead atoms. The fraction of sp³-hybridized carbons (Fsp3) is 0.246. The number of nitrogens with zero attached hydrogens (tertiary/aromatic N) is 1. The van der Waals surface area contributed by atoms with E-state index in [9.17, 15) is 14.5 Å². The average molecular weight is 981 g/mol. The van der Waals surface area contributed by atoms with Crippen LogP contribution in [0.3, 0.4) is 0 Å². The lowest BCUT2D eigenvalue weighted by molar-refractivity contribution is 0.0990. The number of phosphoric acid groups is 1. The summed E-state index contributed by atoms with van der Waals surface area (Å²) in [6.45, 7) is 8.25. The Balaban J connectivity index is 1.32. The highest BCUT2D eigenvalue weighted by atomic mass is 31.2. The van der Waals surface area contributed by atoms with E-state index in [0.29, 0.717) is 16.9 Å². The predicted octanol–water partition coefficient (Wildman–Crippen LogP) is 15.6. The zero-order valence-electron chi connectivity index (χ0n) is 40.3. The first-order valence-corrected chi connectivity index (χ1v) is 26.7. The van der Waals surface area contributed by atoms with Crippen molar-refractivity contribution in [3.8, 4) is 11.5 Å². The van der Waals surface area contributed by atoms with E-state index in [2.05, 4.69) is 38.2 Å². The summed E-state index contributed by atoms with van der Waals surface area (Å²) in [4.78, 5) is 16.5. The lowest BCUT2D eigenvalue weighted by Crippen LogP contribution is -2.30. The molecule has 70 heavy (non-hydrogen) atoms. The van der Waals surface area contributed by atoms with E-state index < -0.39 is 21.3 Å². The summed E-state index contributed by atoms with van der Waals surface area (Å²) in [6.07, 6.45) is 9.75. The maximum atomic E-state index is 15.4. The van der Waals surface area contributed by atoms with Crippen molar-refractivity contribution in [2.45, 2.75) is 86.0 Å². The SMILES string of the molecule is CC(C)=CCCC(C)=CCCC(C)=CCN1C(=O)c2cccc(O)c2Nc2c(CP(=O)(OCc3ccccc3)OCc3ccccc3)cc(OP(=O)(OCc3ccccc3)OCc3ccccc3)cc21. The Kier molecular flexibility index (Phi) is 18.4. The monoisotopic (exact) mass is 980 g/mol. The van der Waals surface area contributed by atoms with Gasteiger partial charge in [-0.2, -0.15) is 0 Å². The highest BCUT2D eigenvalue weighted by Crippen LogP contribution is 2.58. The summed E-state index contributed by atoms with van der Waals surface area (Å²) in [5.41, 5.74) is 8.02. The van der Waals surface area contributed by atoms with E-state index in [-0.39, 0.29) is 61.9 Å². The van der Waals surface area contributed by atoms with E-state index >= 15 is 4.57 Å². The number of hydrogen-bond acceptors (Lipinski definition) is 10. The quantitative estimate of drug-likeness (QED) is 0.0343. The molecular formula is C57H62N2O9P2. The Morgan fingerprint density at radius 2 is 1.07 bits per heavy atom. The van der Waals surface area contributed by atoms with E-state index in [1.165, 1.54) is 17.2 Å². The number of hydrogen-bond donors (Lipinski definition) is 2. The van der Waals surface area contributed by atoms with Gasteiger partial charge in [0.15, 0.2) is 0 Å². The third-order valence-electron chi connectivity index (χ3n) is 11.6. The van der Waals surface area contributed by atoms with Crippen LogP contribution in [0, 0.1) is 0 Å². The Hall–Kier alpha value is -6.29. The molecule has 6 aromatic rings. The molecule has 1 aliphatic heterocycles. The van der Waals surface area contributed by atoms with E-state index in [0.717, 1.165) is 53.5 Å². The topological polar surface area (TPSA) is 133 Å². The second-order valence-electron chi connectivity index (χ2n) is 17.5. The Morgan fingerprint density at radius 1 is 0.586 bits per heavy atom. The van der Waals surface area contributed by atoms with Crippen molar-refractivity contribution >= 4 is 38.4 Å². The summed E-state index contributed by atoms with van der Waals surface area (Å²) >= 11 is 0. The number of fused-ring (bicyclic) bond motifs is 2. The number of phenols is 1. The number of phosphoric ester groups is 1. The van der Waals surface area contributed by atoms with Gasteiger partial charge < -0.3 is 28.9 Å². The minimum absolute atomic E-state index is 0.0000732. The van der Waals surface area contributed by atoms with E-state index in [4.69, 9.17) is 22.6 Å². The summed E-state index contributed by atoms with van der Waals surface area (Å²) in [6, 6.07) is 45.1. The molecule has 0 saturated heterocycles. The summed E-state index contributed by atoms with van der Waals surface area (Å²) < 4.78 is 61.5. The lowest BCUT2D eigenvalue weighted by Gasteiger charge is -2.27. The van der Waals surface area contributed by atoms with Crippen LogP contribution in [0.5, 0.6) is 11.5 Å². The smallest absolute Gasteiger partial charge is 0.506 e. The third-order valence-corrected chi connectivity index (χ3v) is 14.7. The average Bonchev–Trinajstić information content (AvgIpc) is 3.48. The number of carbonyl (C=O) groups excluding carboxylic acids is 1. The van der Waals surface area contributed by atoms with Crippen LogP contribution in [0.2, 0.25) is 0 Å². The molecule has 0 atom stereocenters. The molecule has 0 radical (unpaired) electrons. The number of aromatic hydroxyl groups is 1. The highest BCUT2D eigenvalue weighted by Gasteiger charge is 2.36. The van der Waals surface area contributed by atoms with Gasteiger partial charge in [0.1, 0.15) is 11.5 Å². The van der Waals surface area contributed by atoms with Gasteiger partial charge in [-0.3, -0.25) is 18.4 Å². The molecule has 1 heterocycles. The van der Waals surface area contributed by atoms with Crippen molar-refractivity contribution in [2.75, 3.05) is 16.8 Å². The van der Waals surface area contributed by atoms with Crippen molar-refractivity contribution in [3.05, 3.63) is 220 Å². The van der Waals surface area contributed by atoms with Crippen LogP contribution in [0.25, 0.3) is 0 Å². The maximum Gasteiger partial charge on any atom is 0.530 e. The Morgan fingerprint density at radius 3 is 1.59 bits per heavy atom. The molecule has 13 heteroatoms. The number of anilines is 3. The minimum Gasteiger partial charge on any atom is -0.506 e. The van der Waals surface area contributed by atoms with Gasteiger partial charge in [0, 0.05) is 12.6 Å². The van der Waals surface area contributed by atoms with Crippen molar-refractivity contribution in [1.82, 2.24) is 0 Å². The normalized spacial score (nSPS) is 13.0. The number of para-hydroxylation sites is 1. The van der Waals surface area contributed by atoms with Crippen LogP contribution in [0.15, 0.2) is 187 Å². The number of amides is 1. The van der Waals surface area contributed by atoms with Gasteiger partial charge in [-0.15, -0.1) is 0 Å². The molecule has 0 fully saturated rings. The van der Waals surface area contributed by atoms with Gasteiger partial charge in [-0.1, -0.05) is 162 Å². The largest absolute Gasteiger partial charge is 0.530 e. The highest BCUT2D eigenvalue weighted by molar-refractivity contribution is 7.53. The van der Waals surface area contributed by atoms with Gasteiger partial charge in [0.2, 0.25) is 0 Å². The fourth-order valence-corrected chi connectivity index (χ4v) is 10.5. The Labute approximate surface area is 412 Å². The van der Waals surface area contributed by atoms with Gasteiger partial charge in [-0.05, 0) is 99.4 Å². The minimum atomic E-state index is -4.48. The standard InChI is InChI=1S/C57H62N2O9P2/c1-43(2)20-17-21-44(3)22-18-23-45(4)34-35-59-53-37-51(68-70(63,66-40-48-28-13-7-14-29-48)67-41-49-30-15-8-16-31-49)36-50(55(53)58-56-52(57(59)61)32-19-33-54(56)60)42-69(62,64-38-46-24-9-5-10-25-46)65-39-47-26-11-6-12-27-47/h5-16,19-20,22,24-34,36-37,58,60H,17-18,21,23,35,38-42H2,1-4H3. The first kappa shape index (κ1) is 51.6. The maximum absolute atomic E-state index is 15.4. The summed E-state index contributed by atoms with van der Waals surface area (Å²) in [5, 5.41) is 14.7. The summed E-state index contributed by atoms with van der Waals surface area (Å²) in [7, 11) is -8.60. The molecule has 0 aromatic heterocycles. The zero-order valence-corrected chi connectivity index (χ0v) is 42.1. The van der Waals surface area contributed by atoms with Crippen LogP contribution in [-0.2, 0) is 59.8 Å². The van der Waals surface area contributed by atoms with Crippen molar-refractivity contribution in [2.24, 2.45) is 0 Å². The molecular weight excluding hydrogens is 919 g/mol. The molecule has 0 saturated carbocycles. The molecule has 2 N–H and O–H groups in total. The zero-order chi connectivity index (χ0) is 49.4. The van der Waals surface area contributed by atoms with Gasteiger partial charge >= 0.3 is 15.4 Å². The van der Waals surface area contributed by atoms with E-state index in [1.807, 2.05) is 134 Å². The molecule has 364 valence electrons. The number of nitrogens with one attached hydrogen (secondary N) is 1. The Bertz CT molecular complexity index is 2770. The van der Waals surface area contributed by atoms with Crippen molar-refractivity contribution in [1.29, 1.82) is 0 Å². The summed E-state index contributed by atoms with van der Waals surface area (Å²) in [5.74, 6) is -0.590. The number of rotatable bonds is 24. The van der Waals surface area contributed by atoms with Gasteiger partial charge in [0.25, 0.3) is 5.91 Å². The number of carbonyl (C=O) groups is 1. The van der Waals surface area contributed by atoms with Gasteiger partial charge in [0.05, 0.1) is 55.2 Å². The van der Waals surface area contributed by atoms with Crippen LogP contribution < -0.4 is 14.7 Å². The predicted molar refractivity (Wildman–Crippen MR) is 279 cm³/mol. The van der Waals surface area contributed by atoms with E-state index in [1.54, 1.807) is 29.2 Å². The van der Waals surface area contributed by atoms with Crippen LogP contribution in [-0.4, -0.2) is 17.6 Å². The third kappa shape index (κ3) is 15.1. The molecule has 1 amide bonds. The first-order valence-electron chi connectivity index (χ1n) is 23.5. The molecule has 6 aromatic carbocycles. The first-order chi connectivity index (χ1) is 33.8. The van der Waals surface area contributed by atoms with Crippen molar-refractivity contribution < 1.29 is 41.6 Å². The molecule has 11 nitrogen and oxygen atoms in total. The molecule has 7 rings (SSSR count). The molecule has 1 aliphatic rings. The molecule has 0 spiro atoms. The number of allylic oxidation sites excluding steroid dienone is 5. The van der Waals surface area contributed by atoms with Crippen LogP contribution in [0.4, 0.5) is 17.1 Å². The molecule has 0 unspecified atom stereocenters. The second-order valence-corrected chi connectivity index (χ2v) is 21.2. The van der Waals surface area contributed by atoms with Gasteiger partial charge in [-0.25, -0.2) is 4.57 Å². The number of phenolic OH excluding ortho intramolecular Hbond substituents is 1. The lowest BCUT2D eigenvalue weighted by atomic mass is 10.1. The van der Waals surface area contributed by atoms with Crippen molar-refractivity contribution in [3.63, 3.8) is 0 Å². The van der Waals surface area contributed by atoms with Crippen LogP contribution >= 0.6 is 15.4 Å². The second kappa shape index (κ2) is 25.0. The van der Waals surface area contributed by atoms with Crippen LogP contribution in [0.1, 0.15) is 91.6 Å². The fourth-order valence-electron chi connectivity index (χ4n) is 7.69. The molecule has 0 aliphatic carbocycles.